The minimum absolute atomic E-state index is 0.000120. The molecule has 3 rings (SSSR count). The molecule has 2 N–H and O–H groups in total. The molecule has 0 aliphatic heterocycles. The maximum Gasteiger partial charge on any atom is 0.313 e. The number of carbonyl (C=O) groups excluding carboxylic acids is 2. The zero-order valence-electron chi connectivity index (χ0n) is 13.2. The Kier molecular flexibility index (Phi) is 4.76. The molecule has 6 heteroatoms. The maximum atomic E-state index is 12.0. The maximum absolute atomic E-state index is 12.0. The summed E-state index contributed by atoms with van der Waals surface area (Å²) in [4.78, 5) is 24.6. The van der Waals surface area contributed by atoms with Crippen LogP contribution in [0, 0.1) is 0 Å². The van der Waals surface area contributed by atoms with Crippen molar-refractivity contribution in [1.82, 2.24) is 5.32 Å². The van der Waals surface area contributed by atoms with Gasteiger partial charge in [-0.3, -0.25) is 13.8 Å². The van der Waals surface area contributed by atoms with Crippen LogP contribution < -0.4 is 10.6 Å². The lowest BCUT2D eigenvalue weighted by molar-refractivity contribution is -0.136. The lowest BCUT2D eigenvalue weighted by Crippen LogP contribution is -2.37. The number of carbonyl (C=O) groups is 2. The van der Waals surface area contributed by atoms with E-state index in [1.165, 1.54) is 5.56 Å². The minimum atomic E-state index is -1.14. The molecule has 3 atom stereocenters. The average molecular weight is 342 g/mol. The molecule has 1 aliphatic carbocycles. The van der Waals surface area contributed by atoms with E-state index in [0.29, 0.717) is 10.6 Å². The molecule has 0 aromatic heterocycles. The second-order valence-corrected chi connectivity index (χ2v) is 7.15. The third-order valence-corrected chi connectivity index (χ3v) is 4.88. The lowest BCUT2D eigenvalue weighted by atomic mass is 10.1. The van der Waals surface area contributed by atoms with Crippen LogP contribution in [0.15, 0.2) is 59.5 Å². The number of benzene rings is 2. The van der Waals surface area contributed by atoms with Gasteiger partial charge in [0.1, 0.15) is 0 Å². The van der Waals surface area contributed by atoms with Crippen LogP contribution in [-0.2, 0) is 20.4 Å². The van der Waals surface area contributed by atoms with Crippen molar-refractivity contribution < 1.29 is 13.8 Å². The number of amides is 2. The smallest absolute Gasteiger partial charge is 0.313 e. The van der Waals surface area contributed by atoms with Crippen LogP contribution in [0.25, 0.3) is 0 Å². The van der Waals surface area contributed by atoms with Gasteiger partial charge in [0.25, 0.3) is 0 Å². The normalized spacial score (nSPS) is 20.0. The van der Waals surface area contributed by atoms with E-state index in [0.717, 1.165) is 6.42 Å². The topological polar surface area (TPSA) is 75.3 Å². The second kappa shape index (κ2) is 6.97. The van der Waals surface area contributed by atoms with Gasteiger partial charge in [0.15, 0.2) is 0 Å². The zero-order valence-corrected chi connectivity index (χ0v) is 14.0. The van der Waals surface area contributed by atoms with Gasteiger partial charge in [0.05, 0.1) is 0 Å². The Hall–Kier alpha value is -2.47. The molecule has 0 unspecified atom stereocenters. The predicted octanol–water partition coefficient (Wildman–Crippen LogP) is 2.03. The Morgan fingerprint density at radius 1 is 1.04 bits per heavy atom. The first-order chi connectivity index (χ1) is 11.5. The van der Waals surface area contributed by atoms with Crippen molar-refractivity contribution in [3.8, 4) is 0 Å². The first kappa shape index (κ1) is 16.4. The predicted molar refractivity (Wildman–Crippen MR) is 93.1 cm³/mol. The molecule has 5 nitrogen and oxygen atoms in total. The largest absolute Gasteiger partial charge is 0.344 e. The summed E-state index contributed by atoms with van der Waals surface area (Å²) in [5, 5.41) is 5.29. The molecule has 2 aromatic carbocycles. The molecule has 0 radical (unpaired) electrons. The summed E-state index contributed by atoms with van der Waals surface area (Å²) in [6.45, 7) is 0. The summed E-state index contributed by atoms with van der Waals surface area (Å²) < 4.78 is 11.5. The lowest BCUT2D eigenvalue weighted by Gasteiger charge is -2.07. The second-order valence-electron chi connectivity index (χ2n) is 5.77. The van der Waals surface area contributed by atoms with Crippen LogP contribution in [-0.4, -0.2) is 28.3 Å². The van der Waals surface area contributed by atoms with Gasteiger partial charge in [0.2, 0.25) is 0 Å². The van der Waals surface area contributed by atoms with Gasteiger partial charge in [-0.2, -0.15) is 0 Å². The van der Waals surface area contributed by atoms with Crippen molar-refractivity contribution in [3.05, 3.63) is 60.2 Å². The highest BCUT2D eigenvalue weighted by Gasteiger charge is 2.40. The highest BCUT2D eigenvalue weighted by molar-refractivity contribution is 7.84. The van der Waals surface area contributed by atoms with Crippen molar-refractivity contribution in [2.75, 3.05) is 11.6 Å². The van der Waals surface area contributed by atoms with Gasteiger partial charge in [-0.25, -0.2) is 0 Å². The van der Waals surface area contributed by atoms with E-state index in [2.05, 4.69) is 10.6 Å². The molecule has 2 amide bonds. The molecule has 1 saturated carbocycles. The fraction of sp³-hybridized carbons (Fsp3) is 0.222. The SMILES string of the molecule is C[S@](=O)c1cccc(NC(=O)C(=O)N[C@@H]2C[C@H]2c2ccccc2)c1. The van der Waals surface area contributed by atoms with Crippen LogP contribution in [0.5, 0.6) is 0 Å². The number of nitrogens with one attached hydrogen (secondary N) is 2. The third kappa shape index (κ3) is 3.89. The van der Waals surface area contributed by atoms with E-state index in [9.17, 15) is 13.8 Å². The summed E-state index contributed by atoms with van der Waals surface area (Å²) >= 11 is 0. The molecule has 1 fully saturated rings. The Bertz CT molecular complexity index is 792. The molecule has 24 heavy (non-hydrogen) atoms. The average Bonchev–Trinajstić information content (AvgIpc) is 3.35. The van der Waals surface area contributed by atoms with Gasteiger partial charge in [-0.1, -0.05) is 36.4 Å². The molecule has 124 valence electrons. The Morgan fingerprint density at radius 2 is 1.79 bits per heavy atom. The van der Waals surface area contributed by atoms with Crippen LogP contribution >= 0.6 is 0 Å². The molecule has 2 aromatic rings. The van der Waals surface area contributed by atoms with Crippen molar-refractivity contribution in [2.24, 2.45) is 0 Å². The highest BCUT2D eigenvalue weighted by atomic mass is 32.2. The Balaban J connectivity index is 1.55. The van der Waals surface area contributed by atoms with Crippen LogP contribution in [0.3, 0.4) is 0 Å². The summed E-state index contributed by atoms with van der Waals surface area (Å²) in [5.74, 6) is -1.09. The van der Waals surface area contributed by atoms with Crippen LogP contribution in [0.2, 0.25) is 0 Å². The van der Waals surface area contributed by atoms with E-state index in [4.69, 9.17) is 0 Å². The van der Waals surface area contributed by atoms with E-state index in [1.54, 1.807) is 30.5 Å². The third-order valence-electron chi connectivity index (χ3n) is 3.96. The van der Waals surface area contributed by atoms with Gasteiger partial charge in [0, 0.05) is 39.6 Å². The van der Waals surface area contributed by atoms with Gasteiger partial charge < -0.3 is 10.6 Å². The highest BCUT2D eigenvalue weighted by Crippen LogP contribution is 2.40. The molecule has 0 spiro atoms. The van der Waals surface area contributed by atoms with Gasteiger partial charge in [-0.15, -0.1) is 0 Å². The van der Waals surface area contributed by atoms with E-state index in [1.807, 2.05) is 30.3 Å². The Labute approximate surface area is 142 Å². The van der Waals surface area contributed by atoms with Crippen molar-refractivity contribution in [3.63, 3.8) is 0 Å². The molecule has 1 aliphatic rings. The number of rotatable bonds is 4. The van der Waals surface area contributed by atoms with Crippen molar-refractivity contribution in [2.45, 2.75) is 23.3 Å². The van der Waals surface area contributed by atoms with Crippen LogP contribution in [0.4, 0.5) is 5.69 Å². The van der Waals surface area contributed by atoms with E-state index < -0.39 is 22.6 Å². The number of hydrogen-bond donors (Lipinski definition) is 2. The summed E-state index contributed by atoms with van der Waals surface area (Å²) in [6, 6.07) is 16.6. The monoisotopic (exact) mass is 342 g/mol. The minimum Gasteiger partial charge on any atom is -0.344 e. The molecular weight excluding hydrogens is 324 g/mol. The first-order valence-electron chi connectivity index (χ1n) is 7.65. The van der Waals surface area contributed by atoms with Crippen molar-refractivity contribution in [1.29, 1.82) is 0 Å². The summed E-state index contributed by atoms with van der Waals surface area (Å²) in [7, 11) is -1.14. The Morgan fingerprint density at radius 3 is 2.50 bits per heavy atom. The molecular formula is C18H18N2O3S. The van der Waals surface area contributed by atoms with Crippen molar-refractivity contribution >= 4 is 28.3 Å². The summed E-state index contributed by atoms with van der Waals surface area (Å²) in [6.07, 6.45) is 2.40. The molecule has 0 saturated heterocycles. The van der Waals surface area contributed by atoms with E-state index in [-0.39, 0.29) is 12.0 Å². The fourth-order valence-electron chi connectivity index (χ4n) is 2.60. The number of anilines is 1. The van der Waals surface area contributed by atoms with Gasteiger partial charge >= 0.3 is 11.8 Å². The molecule has 0 heterocycles. The van der Waals surface area contributed by atoms with Gasteiger partial charge in [-0.05, 0) is 30.2 Å². The van der Waals surface area contributed by atoms with E-state index >= 15 is 0 Å². The number of hydrogen-bond acceptors (Lipinski definition) is 3. The molecule has 0 bridgehead atoms. The first-order valence-corrected chi connectivity index (χ1v) is 9.20. The quantitative estimate of drug-likeness (QED) is 0.835. The van der Waals surface area contributed by atoms with Crippen LogP contribution in [0.1, 0.15) is 17.9 Å². The fourth-order valence-corrected chi connectivity index (χ4v) is 3.16. The standard InChI is InChI=1S/C18H18N2O3S/c1-24(23)14-9-5-8-13(10-14)19-17(21)18(22)20-16-11-15(16)12-6-3-2-4-7-12/h2-10,15-16H,11H2,1H3,(H,19,21)(H,20,22)/t15-,16+,24-/m0/s1. The zero-order chi connectivity index (χ0) is 17.1. The summed E-state index contributed by atoms with van der Waals surface area (Å²) in [5.41, 5.74) is 1.62.